The second-order valence-electron chi connectivity index (χ2n) is 6.71. The van der Waals surface area contributed by atoms with E-state index in [-0.39, 0.29) is 11.8 Å². The molecule has 1 atom stereocenters. The molecule has 1 aliphatic carbocycles. The van der Waals surface area contributed by atoms with E-state index in [0.29, 0.717) is 28.6 Å². The molecule has 2 N–H and O–H groups in total. The second-order valence-corrected chi connectivity index (χ2v) is 7.81. The van der Waals surface area contributed by atoms with Gasteiger partial charge >= 0.3 is 0 Å². The lowest BCUT2D eigenvalue weighted by atomic mass is 10.1. The van der Waals surface area contributed by atoms with Crippen molar-refractivity contribution in [2.75, 3.05) is 24.4 Å². The Morgan fingerprint density at radius 1 is 1.19 bits per heavy atom. The minimum absolute atomic E-state index is 0.168. The Kier molecular flexibility index (Phi) is 5.13. The average Bonchev–Trinajstić information content (AvgIpc) is 3.39. The quantitative estimate of drug-likeness (QED) is 0.823. The largest absolute Gasteiger partial charge is 0.495 e. The van der Waals surface area contributed by atoms with E-state index >= 15 is 0 Å². The van der Waals surface area contributed by atoms with Gasteiger partial charge in [-0.25, -0.2) is 0 Å². The van der Waals surface area contributed by atoms with Crippen LogP contribution in [0.4, 0.5) is 10.7 Å². The van der Waals surface area contributed by atoms with Crippen molar-refractivity contribution in [3.8, 4) is 5.75 Å². The summed E-state index contributed by atoms with van der Waals surface area (Å²) in [4.78, 5) is 26.8. The van der Waals surface area contributed by atoms with E-state index in [9.17, 15) is 9.59 Å². The van der Waals surface area contributed by atoms with Gasteiger partial charge in [-0.3, -0.25) is 9.59 Å². The number of fused-ring (bicyclic) bond motifs is 1. The van der Waals surface area contributed by atoms with Gasteiger partial charge in [-0.05, 0) is 49.8 Å². The summed E-state index contributed by atoms with van der Waals surface area (Å²) in [7, 11) is 1.57. The Labute approximate surface area is 161 Å². The number of aryl methyl sites for hydroxylation is 1. The molecule has 0 bridgehead atoms. The van der Waals surface area contributed by atoms with Crippen LogP contribution in [0.15, 0.2) is 24.3 Å². The molecule has 27 heavy (non-hydrogen) atoms. The molecule has 0 saturated carbocycles. The predicted octanol–water partition coefficient (Wildman–Crippen LogP) is 3.62. The van der Waals surface area contributed by atoms with E-state index in [1.54, 1.807) is 19.2 Å². The van der Waals surface area contributed by atoms with Crippen LogP contribution in [0.3, 0.4) is 0 Å². The Morgan fingerprint density at radius 3 is 2.81 bits per heavy atom. The maximum atomic E-state index is 13.1. The van der Waals surface area contributed by atoms with Crippen molar-refractivity contribution in [3.63, 3.8) is 0 Å². The van der Waals surface area contributed by atoms with Gasteiger partial charge < -0.3 is 20.1 Å². The van der Waals surface area contributed by atoms with Crippen LogP contribution in [0, 0.1) is 0 Å². The predicted molar refractivity (Wildman–Crippen MR) is 105 cm³/mol. The lowest BCUT2D eigenvalue weighted by Gasteiger charge is -2.13. The van der Waals surface area contributed by atoms with Crippen LogP contribution < -0.4 is 15.4 Å². The number of thiophene rings is 1. The SMILES string of the molecule is COc1ccccc1NC(=O)c1c(NC(=O)[C@@H]2CCCO2)sc2c1CCC2. The molecule has 1 fully saturated rings. The second kappa shape index (κ2) is 7.70. The number of hydrogen-bond acceptors (Lipinski definition) is 5. The first kappa shape index (κ1) is 18.0. The number of methoxy groups -OCH3 is 1. The highest BCUT2D eigenvalue weighted by Crippen LogP contribution is 2.40. The Hall–Kier alpha value is -2.38. The molecule has 2 amide bonds. The summed E-state index contributed by atoms with van der Waals surface area (Å²) in [5, 5.41) is 6.49. The third-order valence-electron chi connectivity index (χ3n) is 4.96. The molecular weight excluding hydrogens is 364 g/mol. The van der Waals surface area contributed by atoms with E-state index in [4.69, 9.17) is 9.47 Å². The molecule has 4 rings (SSSR count). The molecule has 1 aromatic heterocycles. The molecule has 7 heteroatoms. The van der Waals surface area contributed by atoms with Gasteiger partial charge in [0, 0.05) is 11.5 Å². The highest BCUT2D eigenvalue weighted by Gasteiger charge is 2.30. The summed E-state index contributed by atoms with van der Waals surface area (Å²) in [6, 6.07) is 7.29. The van der Waals surface area contributed by atoms with E-state index in [1.165, 1.54) is 16.2 Å². The zero-order chi connectivity index (χ0) is 18.8. The molecule has 6 nitrogen and oxygen atoms in total. The topological polar surface area (TPSA) is 76.7 Å². The lowest BCUT2D eigenvalue weighted by Crippen LogP contribution is -2.27. The molecule has 2 aromatic rings. The zero-order valence-corrected chi connectivity index (χ0v) is 16.0. The van der Waals surface area contributed by atoms with Crippen LogP contribution in [0.5, 0.6) is 5.75 Å². The maximum Gasteiger partial charge on any atom is 0.259 e. The minimum Gasteiger partial charge on any atom is -0.495 e. The Bertz CT molecular complexity index is 871. The summed E-state index contributed by atoms with van der Waals surface area (Å²) in [5.41, 5.74) is 2.24. The summed E-state index contributed by atoms with van der Waals surface area (Å²) < 4.78 is 10.8. The van der Waals surface area contributed by atoms with Crippen LogP contribution >= 0.6 is 11.3 Å². The molecule has 1 saturated heterocycles. The average molecular weight is 386 g/mol. The standard InChI is InChI=1S/C20H22N2O4S/c1-25-14-8-3-2-7-13(14)21-19(24)17-12-6-4-10-16(12)27-20(17)22-18(23)15-9-5-11-26-15/h2-3,7-8,15H,4-6,9-11H2,1H3,(H,21,24)(H,22,23)/t15-/m0/s1. The van der Waals surface area contributed by atoms with Gasteiger partial charge in [0.15, 0.2) is 0 Å². The summed E-state index contributed by atoms with van der Waals surface area (Å²) in [6.07, 6.45) is 4.03. The van der Waals surface area contributed by atoms with Crippen LogP contribution in [0.1, 0.15) is 40.1 Å². The monoisotopic (exact) mass is 386 g/mol. The minimum atomic E-state index is -0.424. The third kappa shape index (κ3) is 3.57. The van der Waals surface area contributed by atoms with Gasteiger partial charge in [-0.1, -0.05) is 12.1 Å². The van der Waals surface area contributed by atoms with Gasteiger partial charge in [0.1, 0.15) is 16.9 Å². The van der Waals surface area contributed by atoms with E-state index in [0.717, 1.165) is 37.7 Å². The molecule has 0 spiro atoms. The first-order chi connectivity index (χ1) is 13.2. The highest BCUT2D eigenvalue weighted by atomic mass is 32.1. The van der Waals surface area contributed by atoms with Crippen molar-refractivity contribution in [2.24, 2.45) is 0 Å². The van der Waals surface area contributed by atoms with E-state index in [1.807, 2.05) is 12.1 Å². The summed E-state index contributed by atoms with van der Waals surface area (Å²) in [6.45, 7) is 0.611. The van der Waals surface area contributed by atoms with Crippen LogP contribution in [-0.2, 0) is 22.4 Å². The normalized spacial score (nSPS) is 18.2. The number of para-hydroxylation sites is 2. The van der Waals surface area contributed by atoms with Crippen molar-refractivity contribution in [2.45, 2.75) is 38.2 Å². The summed E-state index contributed by atoms with van der Waals surface area (Å²) >= 11 is 1.50. The third-order valence-corrected chi connectivity index (χ3v) is 6.17. The Morgan fingerprint density at radius 2 is 2.04 bits per heavy atom. The number of benzene rings is 1. The molecule has 2 aliphatic rings. The number of rotatable bonds is 5. The van der Waals surface area contributed by atoms with E-state index < -0.39 is 6.10 Å². The Balaban J connectivity index is 1.61. The zero-order valence-electron chi connectivity index (χ0n) is 15.2. The molecule has 1 aromatic carbocycles. The summed E-state index contributed by atoms with van der Waals surface area (Å²) in [5.74, 6) is 0.211. The molecule has 2 heterocycles. The fourth-order valence-corrected chi connectivity index (χ4v) is 4.93. The molecule has 142 valence electrons. The number of ether oxygens (including phenoxy) is 2. The van der Waals surface area contributed by atoms with Crippen molar-refractivity contribution >= 4 is 33.8 Å². The van der Waals surface area contributed by atoms with Gasteiger partial charge in [0.25, 0.3) is 11.8 Å². The first-order valence-corrected chi connectivity index (χ1v) is 10.0. The van der Waals surface area contributed by atoms with Crippen LogP contribution in [0.2, 0.25) is 0 Å². The van der Waals surface area contributed by atoms with Gasteiger partial charge in [-0.2, -0.15) is 0 Å². The number of carbonyl (C=O) groups is 2. The van der Waals surface area contributed by atoms with Crippen molar-refractivity contribution in [1.29, 1.82) is 0 Å². The smallest absolute Gasteiger partial charge is 0.259 e. The van der Waals surface area contributed by atoms with Crippen molar-refractivity contribution in [3.05, 3.63) is 40.3 Å². The fraction of sp³-hybridized carbons (Fsp3) is 0.400. The van der Waals surface area contributed by atoms with Gasteiger partial charge in [0.05, 0.1) is 18.4 Å². The van der Waals surface area contributed by atoms with Crippen molar-refractivity contribution in [1.82, 2.24) is 0 Å². The number of carbonyl (C=O) groups excluding carboxylic acids is 2. The maximum absolute atomic E-state index is 13.1. The molecule has 1 aliphatic heterocycles. The number of hydrogen-bond donors (Lipinski definition) is 2. The highest BCUT2D eigenvalue weighted by molar-refractivity contribution is 7.17. The first-order valence-electron chi connectivity index (χ1n) is 9.18. The number of amides is 2. The van der Waals surface area contributed by atoms with Crippen LogP contribution in [0.25, 0.3) is 0 Å². The molecule has 0 unspecified atom stereocenters. The van der Waals surface area contributed by atoms with Gasteiger partial charge in [0.2, 0.25) is 0 Å². The van der Waals surface area contributed by atoms with Crippen molar-refractivity contribution < 1.29 is 19.1 Å². The number of nitrogens with one attached hydrogen (secondary N) is 2. The van der Waals surface area contributed by atoms with Crippen LogP contribution in [-0.4, -0.2) is 31.6 Å². The molecular formula is C20H22N2O4S. The fourth-order valence-electron chi connectivity index (χ4n) is 3.64. The lowest BCUT2D eigenvalue weighted by molar-refractivity contribution is -0.124. The van der Waals surface area contributed by atoms with E-state index in [2.05, 4.69) is 10.6 Å². The molecule has 0 radical (unpaired) electrons. The van der Waals surface area contributed by atoms with Gasteiger partial charge in [-0.15, -0.1) is 11.3 Å². The number of anilines is 2.